The summed E-state index contributed by atoms with van der Waals surface area (Å²) >= 11 is 0. The van der Waals surface area contributed by atoms with Crippen LogP contribution in [0.3, 0.4) is 0 Å². The minimum atomic E-state index is -0.647. The number of rotatable bonds is 5. The molecule has 0 aliphatic carbocycles. The third-order valence-corrected chi connectivity index (χ3v) is 4.84. The summed E-state index contributed by atoms with van der Waals surface area (Å²) in [5.74, 6) is 0.532. The maximum absolute atomic E-state index is 12.9. The minimum Gasteiger partial charge on any atom is -0.496 e. The summed E-state index contributed by atoms with van der Waals surface area (Å²) in [7, 11) is 2.92. The summed E-state index contributed by atoms with van der Waals surface area (Å²) in [5, 5.41) is 0. The molecule has 1 aromatic heterocycles. The van der Waals surface area contributed by atoms with Crippen LogP contribution in [0.25, 0.3) is 6.08 Å². The van der Waals surface area contributed by atoms with Gasteiger partial charge >= 0.3 is 5.97 Å². The third-order valence-electron chi connectivity index (χ3n) is 4.84. The van der Waals surface area contributed by atoms with E-state index in [0.29, 0.717) is 34.1 Å². The van der Waals surface area contributed by atoms with Gasteiger partial charge in [-0.15, -0.1) is 0 Å². The Morgan fingerprint density at radius 2 is 1.71 bits per heavy atom. The topological polar surface area (TPSA) is 84.0 Å². The van der Waals surface area contributed by atoms with Crippen molar-refractivity contribution in [2.75, 3.05) is 14.2 Å². The number of esters is 1. The first kappa shape index (κ1) is 20.2. The minimum absolute atomic E-state index is 0.159. The predicted molar refractivity (Wildman–Crippen MR) is 113 cm³/mol. The fourth-order valence-electron chi connectivity index (χ4n) is 3.28. The Hall–Kier alpha value is -4.13. The van der Waals surface area contributed by atoms with Crippen LogP contribution in [0.1, 0.15) is 32.0 Å². The molecule has 0 amide bonds. The fraction of sp³-hybridized carbons (Fsp3) is 0.125. The van der Waals surface area contributed by atoms with Crippen LogP contribution in [0.5, 0.6) is 23.0 Å². The van der Waals surface area contributed by atoms with E-state index in [1.807, 2.05) is 6.07 Å². The van der Waals surface area contributed by atoms with Crippen LogP contribution in [0.2, 0.25) is 0 Å². The number of ether oxygens (including phenoxy) is 4. The highest BCUT2D eigenvalue weighted by molar-refractivity contribution is 6.15. The number of hydrogen-bond donors (Lipinski definition) is 0. The molecule has 4 rings (SSSR count). The van der Waals surface area contributed by atoms with E-state index in [1.165, 1.54) is 14.2 Å². The molecule has 0 unspecified atom stereocenters. The van der Waals surface area contributed by atoms with Crippen molar-refractivity contribution < 1.29 is 28.5 Å². The average molecular weight is 417 g/mol. The van der Waals surface area contributed by atoms with Crippen molar-refractivity contribution in [2.45, 2.75) is 6.92 Å². The fourth-order valence-corrected chi connectivity index (χ4v) is 3.28. The van der Waals surface area contributed by atoms with E-state index in [1.54, 1.807) is 61.7 Å². The monoisotopic (exact) mass is 417 g/mol. The SMILES string of the molecule is COc1cccc(OC)c1C(=O)Oc1ccc2c(c1C)O/C(=C\c1ccccn1)C2=O. The van der Waals surface area contributed by atoms with Gasteiger partial charge in [-0.05, 0) is 43.3 Å². The molecule has 1 aliphatic rings. The number of aromatic nitrogens is 1. The average Bonchev–Trinajstić information content (AvgIpc) is 3.11. The van der Waals surface area contributed by atoms with Gasteiger partial charge in [0.2, 0.25) is 5.78 Å². The number of carbonyl (C=O) groups excluding carboxylic acids is 2. The molecule has 0 N–H and O–H groups in total. The Kier molecular flexibility index (Phi) is 5.41. The first-order valence-corrected chi connectivity index (χ1v) is 9.45. The molecule has 0 saturated carbocycles. The van der Waals surface area contributed by atoms with E-state index in [4.69, 9.17) is 18.9 Å². The highest BCUT2D eigenvalue weighted by Crippen LogP contribution is 2.40. The Morgan fingerprint density at radius 1 is 0.968 bits per heavy atom. The molecule has 0 bridgehead atoms. The normalized spacial score (nSPS) is 13.5. The molecule has 0 atom stereocenters. The first-order chi connectivity index (χ1) is 15.0. The Morgan fingerprint density at radius 3 is 2.35 bits per heavy atom. The van der Waals surface area contributed by atoms with Crippen molar-refractivity contribution in [1.82, 2.24) is 4.98 Å². The molecule has 3 aromatic rings. The van der Waals surface area contributed by atoms with Crippen molar-refractivity contribution in [3.63, 3.8) is 0 Å². The van der Waals surface area contributed by atoms with Gasteiger partial charge in [0.05, 0.1) is 25.5 Å². The molecule has 2 aromatic carbocycles. The van der Waals surface area contributed by atoms with Gasteiger partial charge in [0.1, 0.15) is 28.6 Å². The molecule has 156 valence electrons. The van der Waals surface area contributed by atoms with Crippen LogP contribution in [0, 0.1) is 6.92 Å². The second kappa shape index (κ2) is 8.31. The quantitative estimate of drug-likeness (QED) is 0.349. The van der Waals surface area contributed by atoms with Crippen molar-refractivity contribution in [1.29, 1.82) is 0 Å². The number of allylic oxidation sites excluding steroid dienone is 1. The van der Waals surface area contributed by atoms with Crippen molar-refractivity contribution in [3.8, 4) is 23.0 Å². The standard InChI is InChI=1S/C24H19NO6/c1-14-17(31-24(27)21-18(28-2)8-6-9-19(21)29-3)11-10-16-22(26)20(30-23(14)16)13-15-7-4-5-12-25-15/h4-13H,1-3H3/b20-13-. The largest absolute Gasteiger partial charge is 0.496 e. The Balaban J connectivity index is 1.65. The summed E-state index contributed by atoms with van der Waals surface area (Å²) in [6, 6.07) is 13.5. The van der Waals surface area contributed by atoms with Crippen LogP contribution in [-0.2, 0) is 0 Å². The number of benzene rings is 2. The smallest absolute Gasteiger partial charge is 0.351 e. The number of methoxy groups -OCH3 is 2. The van der Waals surface area contributed by atoms with Gasteiger partial charge in [-0.1, -0.05) is 12.1 Å². The molecule has 31 heavy (non-hydrogen) atoms. The van der Waals surface area contributed by atoms with Crippen molar-refractivity contribution in [2.24, 2.45) is 0 Å². The summed E-state index contributed by atoms with van der Waals surface area (Å²) < 4.78 is 22.0. The lowest BCUT2D eigenvalue weighted by Crippen LogP contribution is -2.12. The molecule has 0 radical (unpaired) electrons. The summed E-state index contributed by atoms with van der Waals surface area (Å²) in [5.41, 5.74) is 1.69. The van der Waals surface area contributed by atoms with Crippen molar-refractivity contribution >= 4 is 17.8 Å². The summed E-state index contributed by atoms with van der Waals surface area (Å²) in [6.45, 7) is 1.72. The van der Waals surface area contributed by atoms with Gasteiger partial charge in [-0.2, -0.15) is 0 Å². The Labute approximate surface area is 178 Å². The lowest BCUT2D eigenvalue weighted by atomic mass is 10.1. The molecular weight excluding hydrogens is 398 g/mol. The first-order valence-electron chi connectivity index (χ1n) is 9.45. The van der Waals surface area contributed by atoms with Gasteiger partial charge in [0.15, 0.2) is 5.76 Å². The molecule has 1 aliphatic heterocycles. The van der Waals surface area contributed by atoms with E-state index in [9.17, 15) is 9.59 Å². The molecule has 2 heterocycles. The predicted octanol–water partition coefficient (Wildman–Crippen LogP) is 4.24. The van der Waals surface area contributed by atoms with Gasteiger partial charge in [0.25, 0.3) is 0 Å². The van der Waals surface area contributed by atoms with Crippen LogP contribution >= 0.6 is 0 Å². The van der Waals surface area contributed by atoms with Gasteiger partial charge in [-0.3, -0.25) is 9.78 Å². The molecule has 7 nitrogen and oxygen atoms in total. The lowest BCUT2D eigenvalue weighted by molar-refractivity contribution is 0.0726. The van der Waals surface area contributed by atoms with Crippen LogP contribution < -0.4 is 18.9 Å². The van der Waals surface area contributed by atoms with Crippen LogP contribution in [0.15, 0.2) is 60.5 Å². The van der Waals surface area contributed by atoms with E-state index < -0.39 is 5.97 Å². The van der Waals surface area contributed by atoms with Crippen LogP contribution in [-0.4, -0.2) is 31.0 Å². The van der Waals surface area contributed by atoms with Crippen LogP contribution in [0.4, 0.5) is 0 Å². The molecule has 7 heteroatoms. The summed E-state index contributed by atoms with van der Waals surface area (Å²) in [4.78, 5) is 29.8. The second-order valence-electron chi connectivity index (χ2n) is 6.69. The highest BCUT2D eigenvalue weighted by atomic mass is 16.5. The third kappa shape index (κ3) is 3.73. The maximum atomic E-state index is 12.9. The second-order valence-corrected chi connectivity index (χ2v) is 6.69. The lowest BCUT2D eigenvalue weighted by Gasteiger charge is -2.14. The van der Waals surface area contributed by atoms with Gasteiger partial charge in [-0.25, -0.2) is 4.79 Å². The Bertz CT molecular complexity index is 1180. The van der Waals surface area contributed by atoms with Gasteiger partial charge < -0.3 is 18.9 Å². The number of pyridine rings is 1. The number of ketones is 1. The number of Topliss-reactive ketones (excluding diaryl/α,β-unsaturated/α-hetero) is 1. The van der Waals surface area contributed by atoms with E-state index in [-0.39, 0.29) is 22.9 Å². The number of nitrogens with zero attached hydrogens (tertiary/aromatic N) is 1. The van der Waals surface area contributed by atoms with E-state index in [2.05, 4.69) is 4.98 Å². The zero-order valence-electron chi connectivity index (χ0n) is 17.2. The summed E-state index contributed by atoms with van der Waals surface area (Å²) in [6.07, 6.45) is 3.21. The molecule has 0 fully saturated rings. The van der Waals surface area contributed by atoms with E-state index in [0.717, 1.165) is 0 Å². The molecular formula is C24H19NO6. The molecule has 0 spiro atoms. The number of hydrogen-bond acceptors (Lipinski definition) is 7. The zero-order valence-corrected chi connectivity index (χ0v) is 17.2. The zero-order chi connectivity index (χ0) is 22.0. The highest BCUT2D eigenvalue weighted by Gasteiger charge is 2.31. The van der Waals surface area contributed by atoms with Gasteiger partial charge in [0, 0.05) is 17.8 Å². The van der Waals surface area contributed by atoms with Crippen molar-refractivity contribution in [3.05, 3.63) is 82.9 Å². The maximum Gasteiger partial charge on any atom is 0.351 e. The van der Waals surface area contributed by atoms with E-state index >= 15 is 0 Å². The number of fused-ring (bicyclic) bond motifs is 1. The molecule has 0 saturated heterocycles. The number of carbonyl (C=O) groups is 2.